The van der Waals surface area contributed by atoms with E-state index in [-0.39, 0.29) is 5.54 Å². The second-order valence-corrected chi connectivity index (χ2v) is 7.43. The molecule has 1 aromatic rings. The van der Waals surface area contributed by atoms with Gasteiger partial charge in [0.15, 0.2) is 0 Å². The zero-order chi connectivity index (χ0) is 14.6. The fourth-order valence-electron chi connectivity index (χ4n) is 3.32. The summed E-state index contributed by atoms with van der Waals surface area (Å²) in [5, 5.41) is 3.72. The number of nitrogens with one attached hydrogen (secondary N) is 1. The lowest BCUT2D eigenvalue weighted by molar-refractivity contribution is 0.272. The molecule has 1 saturated carbocycles. The Morgan fingerprint density at radius 1 is 1.35 bits per heavy atom. The summed E-state index contributed by atoms with van der Waals surface area (Å²) in [6.45, 7) is 7.94. The van der Waals surface area contributed by atoms with Crippen LogP contribution in [0, 0.1) is 11.8 Å². The molecule has 3 nitrogen and oxygen atoms in total. The molecular weight excluding hydrogens is 246 g/mol. The summed E-state index contributed by atoms with van der Waals surface area (Å²) in [6.07, 6.45) is 12.0. The van der Waals surface area contributed by atoms with E-state index in [1.54, 1.807) is 0 Å². The number of aryl methyl sites for hydroxylation is 2. The van der Waals surface area contributed by atoms with Crippen molar-refractivity contribution in [2.24, 2.45) is 18.9 Å². The first-order valence-corrected chi connectivity index (χ1v) is 8.17. The van der Waals surface area contributed by atoms with E-state index in [4.69, 9.17) is 0 Å². The molecule has 1 aromatic heterocycles. The summed E-state index contributed by atoms with van der Waals surface area (Å²) < 4.78 is 2.16. The van der Waals surface area contributed by atoms with Gasteiger partial charge in [-0.15, -0.1) is 0 Å². The molecule has 0 radical (unpaired) electrons. The number of hydrogen-bond acceptors (Lipinski definition) is 2. The molecule has 0 spiro atoms. The highest BCUT2D eigenvalue weighted by Gasteiger charge is 2.26. The lowest BCUT2D eigenvalue weighted by Crippen LogP contribution is -2.40. The highest BCUT2D eigenvalue weighted by molar-refractivity contribution is 4.92. The summed E-state index contributed by atoms with van der Waals surface area (Å²) in [5.41, 5.74) is 0.222. The molecule has 1 N–H and O–H groups in total. The first-order chi connectivity index (χ1) is 9.46. The van der Waals surface area contributed by atoms with Crippen molar-refractivity contribution in [1.82, 2.24) is 14.9 Å². The molecule has 0 bridgehead atoms. The molecule has 0 amide bonds. The maximum Gasteiger partial charge on any atom is 0.108 e. The molecule has 1 aliphatic carbocycles. The lowest BCUT2D eigenvalue weighted by Gasteiger charge is -2.29. The predicted octanol–water partition coefficient (Wildman–Crippen LogP) is 3.55. The van der Waals surface area contributed by atoms with Crippen LogP contribution in [-0.4, -0.2) is 21.6 Å². The predicted molar refractivity (Wildman–Crippen MR) is 84.7 cm³/mol. The highest BCUT2D eigenvalue weighted by atomic mass is 15.0. The molecule has 1 aliphatic rings. The molecular formula is C17H31N3. The number of rotatable bonds is 6. The van der Waals surface area contributed by atoms with Crippen molar-refractivity contribution < 1.29 is 0 Å². The van der Waals surface area contributed by atoms with Crippen LogP contribution in [0.2, 0.25) is 0 Å². The van der Waals surface area contributed by atoms with E-state index < -0.39 is 0 Å². The van der Waals surface area contributed by atoms with Crippen LogP contribution in [0.4, 0.5) is 0 Å². The van der Waals surface area contributed by atoms with Crippen molar-refractivity contribution in [3.8, 4) is 0 Å². The van der Waals surface area contributed by atoms with Crippen LogP contribution in [0.1, 0.15) is 58.7 Å². The lowest BCUT2D eigenvalue weighted by atomic mass is 9.86. The summed E-state index contributed by atoms with van der Waals surface area (Å²) in [7, 11) is 2.10. The molecule has 1 heterocycles. The number of nitrogens with zero attached hydrogens (tertiary/aromatic N) is 2. The number of hydrogen-bond donors (Lipinski definition) is 1. The summed E-state index contributed by atoms with van der Waals surface area (Å²) in [5.74, 6) is 2.95. The number of imidazole rings is 1. The Morgan fingerprint density at radius 2 is 2.05 bits per heavy atom. The summed E-state index contributed by atoms with van der Waals surface area (Å²) in [4.78, 5) is 4.47. The van der Waals surface area contributed by atoms with Crippen molar-refractivity contribution in [2.75, 3.05) is 6.54 Å². The van der Waals surface area contributed by atoms with Crippen LogP contribution >= 0.6 is 0 Å². The van der Waals surface area contributed by atoms with Gasteiger partial charge in [-0.05, 0) is 45.6 Å². The zero-order valence-electron chi connectivity index (χ0n) is 13.7. The van der Waals surface area contributed by atoms with Crippen molar-refractivity contribution >= 4 is 0 Å². The largest absolute Gasteiger partial charge is 0.338 e. The van der Waals surface area contributed by atoms with Gasteiger partial charge < -0.3 is 9.88 Å². The standard InChI is InChI=1S/C17H31N3/c1-17(2,3)19-13-15(14-7-5-6-8-14)9-10-16-18-11-12-20(16)4/h11-12,14-15,19H,5-10,13H2,1-4H3. The topological polar surface area (TPSA) is 29.9 Å². The third-order valence-electron chi connectivity index (χ3n) is 4.62. The van der Waals surface area contributed by atoms with Gasteiger partial charge in [0.25, 0.3) is 0 Å². The minimum atomic E-state index is 0.222. The van der Waals surface area contributed by atoms with E-state index >= 15 is 0 Å². The summed E-state index contributed by atoms with van der Waals surface area (Å²) in [6, 6.07) is 0. The highest BCUT2D eigenvalue weighted by Crippen LogP contribution is 2.33. The van der Waals surface area contributed by atoms with E-state index in [0.29, 0.717) is 0 Å². The maximum absolute atomic E-state index is 4.47. The van der Waals surface area contributed by atoms with Gasteiger partial charge in [0.1, 0.15) is 5.82 Å². The molecule has 20 heavy (non-hydrogen) atoms. The first-order valence-electron chi connectivity index (χ1n) is 8.17. The molecule has 0 aromatic carbocycles. The minimum absolute atomic E-state index is 0.222. The Balaban J connectivity index is 1.90. The van der Waals surface area contributed by atoms with Crippen molar-refractivity contribution in [2.45, 2.75) is 64.8 Å². The van der Waals surface area contributed by atoms with Crippen molar-refractivity contribution in [3.05, 3.63) is 18.2 Å². The normalized spacial score (nSPS) is 18.6. The van der Waals surface area contributed by atoms with Crippen LogP contribution in [0.3, 0.4) is 0 Å². The van der Waals surface area contributed by atoms with Crippen LogP contribution in [-0.2, 0) is 13.5 Å². The van der Waals surface area contributed by atoms with Gasteiger partial charge in [-0.1, -0.05) is 25.7 Å². The third-order valence-corrected chi connectivity index (χ3v) is 4.62. The van der Waals surface area contributed by atoms with Crippen LogP contribution in [0.5, 0.6) is 0 Å². The van der Waals surface area contributed by atoms with E-state index in [0.717, 1.165) is 24.8 Å². The second kappa shape index (κ2) is 6.75. The maximum atomic E-state index is 4.47. The van der Waals surface area contributed by atoms with Gasteiger partial charge in [-0.2, -0.15) is 0 Å². The van der Waals surface area contributed by atoms with Gasteiger partial charge in [0.2, 0.25) is 0 Å². The van der Waals surface area contributed by atoms with E-state index in [1.807, 2.05) is 12.4 Å². The van der Waals surface area contributed by atoms with Gasteiger partial charge in [-0.25, -0.2) is 4.98 Å². The third kappa shape index (κ3) is 4.62. The Kier molecular flexibility index (Phi) is 5.25. The Bertz CT molecular complexity index is 397. The Hall–Kier alpha value is -0.830. The molecule has 1 fully saturated rings. The molecule has 0 aliphatic heterocycles. The zero-order valence-corrected chi connectivity index (χ0v) is 13.7. The van der Waals surface area contributed by atoms with Crippen LogP contribution in [0.25, 0.3) is 0 Å². The minimum Gasteiger partial charge on any atom is -0.338 e. The molecule has 3 heteroatoms. The average molecular weight is 277 g/mol. The van der Waals surface area contributed by atoms with E-state index in [2.05, 4.69) is 42.7 Å². The molecule has 1 unspecified atom stereocenters. The Morgan fingerprint density at radius 3 is 2.60 bits per heavy atom. The van der Waals surface area contributed by atoms with Gasteiger partial charge in [0, 0.05) is 31.4 Å². The SMILES string of the molecule is Cn1ccnc1CCC(CNC(C)(C)C)C1CCCC1. The monoisotopic (exact) mass is 277 g/mol. The molecule has 1 atom stereocenters. The van der Waals surface area contributed by atoms with Gasteiger partial charge in [0.05, 0.1) is 0 Å². The van der Waals surface area contributed by atoms with E-state index in [1.165, 1.54) is 37.9 Å². The molecule has 2 rings (SSSR count). The Labute approximate surface area is 124 Å². The fourth-order valence-corrected chi connectivity index (χ4v) is 3.32. The summed E-state index contributed by atoms with van der Waals surface area (Å²) >= 11 is 0. The smallest absolute Gasteiger partial charge is 0.108 e. The van der Waals surface area contributed by atoms with Crippen LogP contribution < -0.4 is 5.32 Å². The first kappa shape index (κ1) is 15.6. The fraction of sp³-hybridized carbons (Fsp3) is 0.824. The van der Waals surface area contributed by atoms with E-state index in [9.17, 15) is 0 Å². The van der Waals surface area contributed by atoms with Gasteiger partial charge in [-0.3, -0.25) is 0 Å². The van der Waals surface area contributed by atoms with Crippen molar-refractivity contribution in [3.63, 3.8) is 0 Å². The second-order valence-electron chi connectivity index (χ2n) is 7.43. The van der Waals surface area contributed by atoms with Gasteiger partial charge >= 0.3 is 0 Å². The quantitative estimate of drug-likeness (QED) is 0.862. The molecule has 0 saturated heterocycles. The average Bonchev–Trinajstić information content (AvgIpc) is 3.00. The molecule has 114 valence electrons. The van der Waals surface area contributed by atoms with Crippen molar-refractivity contribution in [1.29, 1.82) is 0 Å². The number of aromatic nitrogens is 2. The van der Waals surface area contributed by atoms with Crippen LogP contribution in [0.15, 0.2) is 12.4 Å².